The normalized spacial score (nSPS) is 9.65. The Labute approximate surface area is 114 Å². The van der Waals surface area contributed by atoms with Gasteiger partial charge in [-0.3, -0.25) is 0 Å². The number of nitrogens with one attached hydrogen (secondary N) is 1. The number of benzene rings is 1. The summed E-state index contributed by atoms with van der Waals surface area (Å²) in [6, 6.07) is 3.31. The van der Waals surface area contributed by atoms with Gasteiger partial charge in [0.15, 0.2) is 0 Å². The maximum absolute atomic E-state index is 11.9. The molecule has 0 atom stereocenters. The molecule has 6 heteroatoms. The van der Waals surface area contributed by atoms with Crippen molar-refractivity contribution in [2.45, 2.75) is 0 Å². The van der Waals surface area contributed by atoms with Crippen molar-refractivity contribution in [2.75, 3.05) is 25.9 Å². The molecule has 5 nitrogen and oxygen atoms in total. The number of rotatable bonds is 5. The Morgan fingerprint density at radius 3 is 2.06 bits per heavy atom. The first-order valence-electron chi connectivity index (χ1n) is 4.90. The fourth-order valence-corrected chi connectivity index (χ4v) is 1.86. The van der Waals surface area contributed by atoms with Crippen LogP contribution in [0.2, 0.25) is 0 Å². The predicted molar refractivity (Wildman–Crippen MR) is 64.2 cm³/mol. The molecule has 1 aromatic carbocycles. The van der Waals surface area contributed by atoms with E-state index in [1.165, 1.54) is 36.7 Å². The molecule has 1 rings (SSSR count). The van der Waals surface area contributed by atoms with Gasteiger partial charge in [0.05, 0.1) is 0 Å². The summed E-state index contributed by atoms with van der Waals surface area (Å²) in [6.45, 7) is 0. The molecule has 0 aliphatic heterocycles. The number of carbonyl (C=O) groups excluding carboxylic acids is 1. The van der Waals surface area contributed by atoms with E-state index in [1.54, 1.807) is 19.2 Å². The van der Waals surface area contributed by atoms with Crippen molar-refractivity contribution in [1.29, 1.82) is 0 Å². The Morgan fingerprint density at radius 1 is 1.18 bits per heavy atom. The van der Waals surface area contributed by atoms with Crippen LogP contribution >= 0.6 is 0 Å². The van der Waals surface area contributed by atoms with E-state index >= 15 is 0 Å². The number of hydrogen-bond acceptors (Lipinski definition) is 4. The van der Waals surface area contributed by atoms with Crippen molar-refractivity contribution in [3.8, 4) is 17.2 Å². The first-order chi connectivity index (χ1) is 8.17. The van der Waals surface area contributed by atoms with Crippen LogP contribution in [0.15, 0.2) is 12.1 Å². The Bertz CT molecular complexity index is 383. The van der Waals surface area contributed by atoms with E-state index in [2.05, 4.69) is 5.32 Å². The van der Waals surface area contributed by atoms with Crippen LogP contribution in [0.4, 0.5) is 0 Å². The van der Waals surface area contributed by atoms with Crippen LogP contribution in [0.5, 0.6) is 17.2 Å². The van der Waals surface area contributed by atoms with Gasteiger partial charge in [0, 0.05) is 0 Å². The Kier molecular flexibility index (Phi) is 5.40. The van der Waals surface area contributed by atoms with E-state index < -0.39 is 0 Å². The second kappa shape index (κ2) is 6.58. The van der Waals surface area contributed by atoms with Crippen LogP contribution in [0.1, 0.15) is 10.4 Å². The van der Waals surface area contributed by atoms with Crippen molar-refractivity contribution in [1.82, 2.24) is 5.32 Å². The van der Waals surface area contributed by atoms with Crippen molar-refractivity contribution in [3.05, 3.63) is 17.7 Å². The molecule has 0 aliphatic rings. The van der Waals surface area contributed by atoms with Crippen molar-refractivity contribution in [2.24, 2.45) is 0 Å². The molecule has 0 heterocycles. The summed E-state index contributed by atoms with van der Waals surface area (Å²) in [7, 11) is 4.55. The fraction of sp³-hybridized carbons (Fsp3) is 0.364. The zero-order valence-electron chi connectivity index (χ0n) is 9.99. The third-order valence-corrected chi connectivity index (χ3v) is 2.70. The van der Waals surface area contributed by atoms with Gasteiger partial charge in [-0.1, -0.05) is 0 Å². The second-order valence-electron chi connectivity index (χ2n) is 3.09. The van der Waals surface area contributed by atoms with Crippen LogP contribution in [-0.2, 0) is 0 Å². The van der Waals surface area contributed by atoms with Crippen molar-refractivity contribution >= 4 is 28.4 Å². The SMILES string of the molecule is COc1cc(OC)c(C(=O)N[CH2][Sn])c(OC)c1. The summed E-state index contributed by atoms with van der Waals surface area (Å²) in [5, 5.41) is 2.75. The van der Waals surface area contributed by atoms with Crippen LogP contribution < -0.4 is 19.5 Å². The molecule has 0 spiro atoms. The molecule has 0 bridgehead atoms. The quantitative estimate of drug-likeness (QED) is 0.795. The average Bonchev–Trinajstić information content (AvgIpc) is 2.37. The van der Waals surface area contributed by atoms with Gasteiger partial charge < -0.3 is 0 Å². The molecule has 0 aromatic heterocycles. The van der Waals surface area contributed by atoms with E-state index in [9.17, 15) is 4.79 Å². The Hall–Kier alpha value is -1.11. The van der Waals surface area contributed by atoms with E-state index in [4.69, 9.17) is 14.2 Å². The number of methoxy groups -OCH3 is 3. The van der Waals surface area contributed by atoms with Gasteiger partial charge in [-0.15, -0.1) is 0 Å². The van der Waals surface area contributed by atoms with Crippen molar-refractivity contribution < 1.29 is 19.0 Å². The second-order valence-corrected chi connectivity index (χ2v) is 4.10. The molecule has 1 aromatic rings. The van der Waals surface area contributed by atoms with E-state index in [0.717, 1.165) is 0 Å². The van der Waals surface area contributed by atoms with Gasteiger partial charge in [0.2, 0.25) is 0 Å². The first-order valence-corrected chi connectivity index (χ1v) is 6.92. The van der Waals surface area contributed by atoms with E-state index in [1.807, 2.05) is 0 Å². The molecule has 91 valence electrons. The minimum atomic E-state index is -0.210. The average molecular weight is 343 g/mol. The van der Waals surface area contributed by atoms with Gasteiger partial charge >= 0.3 is 114 Å². The Balaban J connectivity index is 3.29. The van der Waals surface area contributed by atoms with Gasteiger partial charge in [0.25, 0.3) is 0 Å². The summed E-state index contributed by atoms with van der Waals surface area (Å²) in [4.78, 5) is 11.9. The van der Waals surface area contributed by atoms with Gasteiger partial charge in [-0.2, -0.15) is 0 Å². The van der Waals surface area contributed by atoms with Crippen LogP contribution in [0, 0.1) is 0 Å². The third-order valence-electron chi connectivity index (χ3n) is 2.19. The molecule has 0 aliphatic carbocycles. The number of carbonyl (C=O) groups is 1. The minimum absolute atomic E-state index is 0.210. The summed E-state index contributed by atoms with van der Waals surface area (Å²) >= 11 is 1.23. The number of amides is 1. The van der Waals surface area contributed by atoms with Crippen LogP contribution in [0.3, 0.4) is 0 Å². The van der Waals surface area contributed by atoms with Crippen LogP contribution in [0.25, 0.3) is 0 Å². The zero-order valence-corrected chi connectivity index (χ0v) is 12.8. The zero-order chi connectivity index (χ0) is 12.8. The molecular weight excluding hydrogens is 329 g/mol. The number of ether oxygens (including phenoxy) is 3. The topological polar surface area (TPSA) is 56.8 Å². The van der Waals surface area contributed by atoms with E-state index in [0.29, 0.717) is 27.4 Å². The van der Waals surface area contributed by atoms with Gasteiger partial charge in [0.1, 0.15) is 0 Å². The van der Waals surface area contributed by atoms with Crippen molar-refractivity contribution in [3.63, 3.8) is 0 Å². The van der Waals surface area contributed by atoms with Gasteiger partial charge in [-0.25, -0.2) is 0 Å². The molecule has 1 amide bonds. The summed E-state index contributed by atoms with van der Waals surface area (Å²) in [6.07, 6.45) is 0. The standard InChI is InChI=1S/C11H14NO4.Sn/c1-12-11(13)10-8(15-3)5-7(14-2)6-9(10)16-4;/h5-6H,1H2,2-4H3,(H,12,13);. The molecule has 0 fully saturated rings. The fourth-order valence-electron chi connectivity index (χ4n) is 1.40. The van der Waals surface area contributed by atoms with Crippen LogP contribution in [-0.4, -0.2) is 54.3 Å². The molecule has 0 unspecified atom stereocenters. The molecule has 3 radical (unpaired) electrons. The monoisotopic (exact) mass is 344 g/mol. The summed E-state index contributed by atoms with van der Waals surface area (Å²) in [5.74, 6) is 1.24. The van der Waals surface area contributed by atoms with Gasteiger partial charge in [-0.05, 0) is 0 Å². The molecular formula is C11H14NO4Sn. The summed E-state index contributed by atoms with van der Waals surface area (Å²) < 4.78 is 16.1. The molecule has 17 heavy (non-hydrogen) atoms. The number of hydrogen-bond donors (Lipinski definition) is 1. The van der Waals surface area contributed by atoms with E-state index in [-0.39, 0.29) is 5.91 Å². The summed E-state index contributed by atoms with van der Waals surface area (Å²) in [5.41, 5.74) is 0.387. The first kappa shape index (κ1) is 14.0. The Morgan fingerprint density at radius 2 is 1.71 bits per heavy atom. The molecule has 0 saturated carbocycles. The maximum atomic E-state index is 11.9. The molecule has 0 saturated heterocycles. The predicted octanol–water partition coefficient (Wildman–Crippen LogP) is 0.568. The third kappa shape index (κ3) is 3.18. The molecule has 1 N–H and O–H groups in total.